The van der Waals surface area contributed by atoms with E-state index < -0.39 is 0 Å². The largest absolute Gasteiger partial charge is 0.368 e. The van der Waals surface area contributed by atoms with Crippen LogP contribution in [0.15, 0.2) is 35.3 Å². The van der Waals surface area contributed by atoms with Gasteiger partial charge in [0.25, 0.3) is 0 Å². The third kappa shape index (κ3) is 4.56. The first-order chi connectivity index (χ1) is 10.2. The zero-order valence-corrected chi connectivity index (χ0v) is 14.1. The molecule has 0 aliphatic carbocycles. The van der Waals surface area contributed by atoms with Crippen LogP contribution in [-0.2, 0) is 0 Å². The number of anilines is 1. The molecular weight excluding hydrogens is 280 g/mol. The van der Waals surface area contributed by atoms with Crippen LogP contribution < -0.4 is 10.2 Å². The topological polar surface area (TPSA) is 30.9 Å². The second-order valence-corrected chi connectivity index (χ2v) is 6.56. The van der Waals surface area contributed by atoms with Gasteiger partial charge in [-0.3, -0.25) is 4.99 Å². The number of hydrogen-bond acceptors (Lipinski definition) is 3. The number of rotatable bonds is 4. The van der Waals surface area contributed by atoms with Gasteiger partial charge in [0, 0.05) is 50.7 Å². The highest BCUT2D eigenvalue weighted by Crippen LogP contribution is 2.15. The Balaban J connectivity index is 1.85. The quantitative estimate of drug-likeness (QED) is 0.682. The van der Waals surface area contributed by atoms with E-state index in [4.69, 9.17) is 0 Å². The number of nitrogens with zero attached hydrogens (tertiary/aromatic N) is 3. The van der Waals surface area contributed by atoms with Crippen LogP contribution in [0, 0.1) is 0 Å². The Morgan fingerprint density at radius 3 is 2.48 bits per heavy atom. The highest BCUT2D eigenvalue weighted by Gasteiger charge is 2.19. The number of aliphatic imine (C=N–C) groups is 1. The Bertz CT molecular complexity index is 441. The minimum Gasteiger partial charge on any atom is -0.368 e. The Labute approximate surface area is 132 Å². The summed E-state index contributed by atoms with van der Waals surface area (Å²) in [6.07, 6.45) is 2.15. The van der Waals surface area contributed by atoms with E-state index in [-0.39, 0.29) is 0 Å². The van der Waals surface area contributed by atoms with Gasteiger partial charge in [-0.05, 0) is 18.4 Å². The van der Waals surface area contributed by atoms with Crippen molar-refractivity contribution in [3.63, 3.8) is 0 Å². The summed E-state index contributed by atoms with van der Waals surface area (Å²) in [5.41, 5.74) is 1.32. The van der Waals surface area contributed by atoms with Crippen LogP contribution in [0.4, 0.5) is 5.69 Å². The van der Waals surface area contributed by atoms with Crippen molar-refractivity contribution in [2.75, 3.05) is 50.9 Å². The van der Waals surface area contributed by atoms with Gasteiger partial charge in [0.1, 0.15) is 0 Å². The first-order valence-corrected chi connectivity index (χ1v) is 8.81. The first kappa shape index (κ1) is 16.0. The normalized spacial score (nSPS) is 17.8. The van der Waals surface area contributed by atoms with Gasteiger partial charge in [-0.25, -0.2) is 0 Å². The van der Waals surface area contributed by atoms with Gasteiger partial charge in [-0.1, -0.05) is 25.1 Å². The van der Waals surface area contributed by atoms with E-state index in [2.05, 4.69) is 63.6 Å². The molecule has 2 rings (SSSR count). The van der Waals surface area contributed by atoms with Gasteiger partial charge in [0.15, 0.2) is 5.96 Å². The zero-order valence-electron chi connectivity index (χ0n) is 13.2. The molecule has 0 saturated carbocycles. The smallest absolute Gasteiger partial charge is 0.193 e. The fourth-order valence-electron chi connectivity index (χ4n) is 2.47. The number of thioether (sulfide) groups is 1. The Kier molecular flexibility index (Phi) is 6.23. The molecule has 21 heavy (non-hydrogen) atoms. The van der Waals surface area contributed by atoms with Crippen LogP contribution in [-0.4, -0.2) is 62.1 Å². The summed E-state index contributed by atoms with van der Waals surface area (Å²) in [4.78, 5) is 9.21. The number of para-hydroxylation sites is 1. The minimum atomic E-state index is 0.604. The second kappa shape index (κ2) is 8.17. The van der Waals surface area contributed by atoms with Gasteiger partial charge >= 0.3 is 0 Å². The monoisotopic (exact) mass is 306 g/mol. The second-order valence-electron chi connectivity index (χ2n) is 5.28. The van der Waals surface area contributed by atoms with Crippen LogP contribution >= 0.6 is 11.8 Å². The molecule has 1 unspecified atom stereocenters. The Morgan fingerprint density at radius 2 is 1.90 bits per heavy atom. The molecule has 0 radical (unpaired) electrons. The average Bonchev–Trinajstić information content (AvgIpc) is 2.56. The lowest BCUT2D eigenvalue weighted by Crippen LogP contribution is -2.53. The van der Waals surface area contributed by atoms with Crippen molar-refractivity contribution in [1.29, 1.82) is 0 Å². The Morgan fingerprint density at radius 1 is 1.24 bits per heavy atom. The van der Waals surface area contributed by atoms with Crippen LogP contribution in [0.25, 0.3) is 0 Å². The van der Waals surface area contributed by atoms with E-state index in [1.807, 2.05) is 18.8 Å². The molecule has 5 heteroatoms. The summed E-state index contributed by atoms with van der Waals surface area (Å²) in [6, 6.07) is 10.6. The molecule has 0 spiro atoms. The summed E-state index contributed by atoms with van der Waals surface area (Å²) >= 11 is 1.88. The van der Waals surface area contributed by atoms with Gasteiger partial charge < -0.3 is 15.1 Å². The van der Waals surface area contributed by atoms with Gasteiger partial charge in [-0.2, -0.15) is 11.8 Å². The third-order valence-corrected chi connectivity index (χ3v) is 4.83. The molecule has 0 amide bonds. The lowest BCUT2D eigenvalue weighted by molar-refractivity contribution is 0.373. The van der Waals surface area contributed by atoms with E-state index in [0.717, 1.165) is 38.7 Å². The molecule has 1 aromatic rings. The fraction of sp³-hybridized carbons (Fsp3) is 0.562. The van der Waals surface area contributed by atoms with Gasteiger partial charge in [0.2, 0.25) is 0 Å². The molecular formula is C16H26N4S. The van der Waals surface area contributed by atoms with Crippen LogP contribution in [0.1, 0.15) is 6.92 Å². The highest BCUT2D eigenvalue weighted by atomic mass is 32.2. The van der Waals surface area contributed by atoms with Crippen molar-refractivity contribution in [1.82, 2.24) is 10.2 Å². The van der Waals surface area contributed by atoms with E-state index in [0.29, 0.717) is 5.25 Å². The maximum atomic E-state index is 4.42. The maximum Gasteiger partial charge on any atom is 0.193 e. The summed E-state index contributed by atoms with van der Waals surface area (Å²) in [5.74, 6) is 1.03. The molecule has 1 saturated heterocycles. The predicted octanol–water partition coefficient (Wildman–Crippen LogP) is 2.14. The third-order valence-electron chi connectivity index (χ3n) is 3.86. The zero-order chi connectivity index (χ0) is 15.1. The molecule has 116 valence electrons. The number of hydrogen-bond donors (Lipinski definition) is 1. The van der Waals surface area contributed by atoms with E-state index >= 15 is 0 Å². The van der Waals surface area contributed by atoms with Crippen molar-refractivity contribution >= 4 is 23.4 Å². The van der Waals surface area contributed by atoms with Crippen molar-refractivity contribution in [2.45, 2.75) is 12.2 Å². The maximum absolute atomic E-state index is 4.42. The first-order valence-electron chi connectivity index (χ1n) is 7.53. The number of guanidine groups is 1. The minimum absolute atomic E-state index is 0.604. The van der Waals surface area contributed by atoms with E-state index in [9.17, 15) is 0 Å². The molecule has 1 aliphatic rings. The lowest BCUT2D eigenvalue weighted by Gasteiger charge is -2.37. The van der Waals surface area contributed by atoms with Crippen molar-refractivity contribution in [2.24, 2.45) is 4.99 Å². The van der Waals surface area contributed by atoms with E-state index in [1.54, 1.807) is 0 Å². The predicted molar refractivity (Wildman–Crippen MR) is 94.6 cm³/mol. The van der Waals surface area contributed by atoms with Crippen molar-refractivity contribution in [3.8, 4) is 0 Å². The SMILES string of the molecule is CN=C(NCC(C)SC)N1CCN(c2ccccc2)CC1. The van der Waals surface area contributed by atoms with Gasteiger partial charge in [-0.15, -0.1) is 0 Å². The molecule has 0 aromatic heterocycles. The molecule has 4 nitrogen and oxygen atoms in total. The molecule has 0 bridgehead atoms. The highest BCUT2D eigenvalue weighted by molar-refractivity contribution is 7.99. The van der Waals surface area contributed by atoms with Crippen LogP contribution in [0.5, 0.6) is 0 Å². The van der Waals surface area contributed by atoms with Crippen molar-refractivity contribution < 1.29 is 0 Å². The molecule has 1 aliphatic heterocycles. The van der Waals surface area contributed by atoms with Crippen LogP contribution in [0.2, 0.25) is 0 Å². The molecule has 1 N–H and O–H groups in total. The molecule has 1 atom stereocenters. The summed E-state index contributed by atoms with van der Waals surface area (Å²) in [7, 11) is 1.87. The summed E-state index contributed by atoms with van der Waals surface area (Å²) < 4.78 is 0. The summed E-state index contributed by atoms with van der Waals surface area (Å²) in [5, 5.41) is 4.09. The van der Waals surface area contributed by atoms with Gasteiger partial charge in [0.05, 0.1) is 0 Å². The molecule has 1 fully saturated rings. The standard InChI is InChI=1S/C16H26N4S/c1-14(21-3)13-18-16(17-2)20-11-9-19(10-12-20)15-7-5-4-6-8-15/h4-8,14H,9-13H2,1-3H3,(H,17,18). The lowest BCUT2D eigenvalue weighted by atomic mass is 10.2. The number of piperazine rings is 1. The Hall–Kier alpha value is -1.36. The van der Waals surface area contributed by atoms with Crippen LogP contribution in [0.3, 0.4) is 0 Å². The van der Waals surface area contributed by atoms with Crippen molar-refractivity contribution in [3.05, 3.63) is 30.3 Å². The number of nitrogens with one attached hydrogen (secondary N) is 1. The molecule has 1 heterocycles. The fourth-order valence-corrected chi connectivity index (χ4v) is 2.72. The summed E-state index contributed by atoms with van der Waals surface area (Å²) in [6.45, 7) is 7.32. The number of benzene rings is 1. The van der Waals surface area contributed by atoms with E-state index in [1.165, 1.54) is 5.69 Å². The average molecular weight is 306 g/mol. The molecule has 1 aromatic carbocycles.